The van der Waals surface area contributed by atoms with Gasteiger partial charge in [0.05, 0.1) is 11.7 Å². The van der Waals surface area contributed by atoms with E-state index < -0.39 is 5.60 Å². The van der Waals surface area contributed by atoms with Crippen LogP contribution in [0.3, 0.4) is 0 Å². The van der Waals surface area contributed by atoms with Gasteiger partial charge in [-0.15, -0.1) is 0 Å². The second-order valence-electron chi connectivity index (χ2n) is 6.67. The molecule has 2 aliphatic carbocycles. The van der Waals surface area contributed by atoms with Crippen LogP contribution in [0.5, 0.6) is 0 Å². The van der Waals surface area contributed by atoms with E-state index >= 15 is 0 Å². The minimum absolute atomic E-state index is 0.0842. The van der Waals surface area contributed by atoms with E-state index in [1.54, 1.807) is 7.11 Å². The van der Waals surface area contributed by atoms with E-state index in [-0.39, 0.29) is 6.10 Å². The number of ether oxygens (including phenoxy) is 1. The van der Waals surface area contributed by atoms with Crippen LogP contribution in [0.4, 0.5) is 0 Å². The van der Waals surface area contributed by atoms with Crippen LogP contribution in [0.25, 0.3) is 0 Å². The summed E-state index contributed by atoms with van der Waals surface area (Å²) in [7, 11) is 5.91. The Balaban J connectivity index is 2.24. The van der Waals surface area contributed by atoms with Crippen LogP contribution >= 0.6 is 0 Å². The molecule has 0 saturated heterocycles. The molecule has 0 spiro atoms. The third-order valence-electron chi connectivity index (χ3n) is 4.83. The van der Waals surface area contributed by atoms with Gasteiger partial charge < -0.3 is 14.7 Å². The lowest BCUT2D eigenvalue weighted by molar-refractivity contribution is -0.0238. The van der Waals surface area contributed by atoms with Crippen molar-refractivity contribution in [3.63, 3.8) is 0 Å². The highest BCUT2D eigenvalue weighted by molar-refractivity contribution is 5.35. The van der Waals surface area contributed by atoms with Crippen molar-refractivity contribution in [3.8, 4) is 0 Å². The molecular weight excluding hydrogens is 250 g/mol. The van der Waals surface area contributed by atoms with E-state index in [1.807, 2.05) is 0 Å². The number of hydrogen-bond acceptors (Lipinski definition) is 3. The Bertz CT molecular complexity index is 388. The molecule has 0 bridgehead atoms. The molecule has 0 heterocycles. The molecule has 1 saturated carbocycles. The molecular formula is C17H29NO2. The third kappa shape index (κ3) is 3.16. The molecule has 3 heteroatoms. The summed E-state index contributed by atoms with van der Waals surface area (Å²) >= 11 is 0. The zero-order valence-electron chi connectivity index (χ0n) is 13.3. The molecule has 4 atom stereocenters. The molecule has 0 aromatic heterocycles. The standard InChI is InChI=1S/C17H29NO2/c1-13-8-9-14(11-16(13)20-4)17(19)10-6-5-7-15(17)12-18(2)3/h8-9,11,13,15-16,19H,5-7,10,12H2,1-4H3/t13?,15-,16?,17-/m0/s1. The first-order chi connectivity index (χ1) is 9.47. The monoisotopic (exact) mass is 279 g/mol. The summed E-state index contributed by atoms with van der Waals surface area (Å²) in [6.45, 7) is 3.09. The van der Waals surface area contributed by atoms with Gasteiger partial charge in [0, 0.05) is 25.5 Å². The summed E-state index contributed by atoms with van der Waals surface area (Å²) < 4.78 is 5.54. The maximum Gasteiger partial charge on any atom is 0.0934 e. The SMILES string of the molecule is COC1C=C([C@@]2(O)CCCC[C@H]2CN(C)C)C=CC1C. The van der Waals surface area contributed by atoms with Gasteiger partial charge in [-0.1, -0.05) is 31.9 Å². The Kier molecular flexibility index (Phi) is 5.05. The molecule has 0 radical (unpaired) electrons. The van der Waals surface area contributed by atoms with Crippen molar-refractivity contribution in [1.29, 1.82) is 0 Å². The van der Waals surface area contributed by atoms with E-state index in [0.717, 1.165) is 31.4 Å². The fraction of sp³-hybridized carbons (Fsp3) is 0.765. The summed E-state index contributed by atoms with van der Waals surface area (Å²) in [5.74, 6) is 0.691. The molecule has 1 N–H and O–H groups in total. The second-order valence-corrected chi connectivity index (χ2v) is 6.67. The average molecular weight is 279 g/mol. The molecule has 0 amide bonds. The molecule has 3 nitrogen and oxygen atoms in total. The highest BCUT2D eigenvalue weighted by Crippen LogP contribution is 2.41. The highest BCUT2D eigenvalue weighted by atomic mass is 16.5. The molecule has 2 aliphatic rings. The van der Waals surface area contributed by atoms with Crippen molar-refractivity contribution in [3.05, 3.63) is 23.8 Å². The van der Waals surface area contributed by atoms with Crippen molar-refractivity contribution in [2.75, 3.05) is 27.7 Å². The van der Waals surface area contributed by atoms with Crippen molar-refractivity contribution in [1.82, 2.24) is 4.90 Å². The minimum atomic E-state index is -0.685. The van der Waals surface area contributed by atoms with Gasteiger partial charge in [0.25, 0.3) is 0 Å². The van der Waals surface area contributed by atoms with Crippen LogP contribution in [0, 0.1) is 11.8 Å². The average Bonchev–Trinajstić information content (AvgIpc) is 2.41. The molecule has 1 fully saturated rings. The van der Waals surface area contributed by atoms with Gasteiger partial charge in [0.2, 0.25) is 0 Å². The van der Waals surface area contributed by atoms with Crippen LogP contribution in [0.2, 0.25) is 0 Å². The first-order valence-corrected chi connectivity index (χ1v) is 7.77. The minimum Gasteiger partial charge on any atom is -0.385 e. The third-order valence-corrected chi connectivity index (χ3v) is 4.83. The molecule has 2 unspecified atom stereocenters. The normalized spacial score (nSPS) is 38.1. The summed E-state index contributed by atoms with van der Waals surface area (Å²) in [5.41, 5.74) is 0.379. The maximum absolute atomic E-state index is 11.3. The predicted octanol–water partition coefficient (Wildman–Crippen LogP) is 2.62. The molecule has 0 aromatic rings. The van der Waals surface area contributed by atoms with Gasteiger partial charge in [0.15, 0.2) is 0 Å². The largest absolute Gasteiger partial charge is 0.385 e. The molecule has 0 aliphatic heterocycles. The van der Waals surface area contributed by atoms with Gasteiger partial charge in [-0.25, -0.2) is 0 Å². The van der Waals surface area contributed by atoms with Gasteiger partial charge in [-0.2, -0.15) is 0 Å². The smallest absolute Gasteiger partial charge is 0.0934 e. The Morgan fingerprint density at radius 2 is 2.15 bits per heavy atom. The fourth-order valence-electron chi connectivity index (χ4n) is 3.61. The lowest BCUT2D eigenvalue weighted by atomic mass is 9.69. The molecule has 0 aromatic carbocycles. The lowest BCUT2D eigenvalue weighted by Gasteiger charge is -2.43. The summed E-state index contributed by atoms with van der Waals surface area (Å²) in [5, 5.41) is 11.3. The first kappa shape index (κ1) is 15.7. The Hall–Kier alpha value is -0.640. The number of rotatable bonds is 4. The van der Waals surface area contributed by atoms with Crippen LogP contribution in [0.1, 0.15) is 32.6 Å². The van der Waals surface area contributed by atoms with Crippen molar-refractivity contribution < 1.29 is 9.84 Å². The first-order valence-electron chi connectivity index (χ1n) is 7.77. The zero-order valence-corrected chi connectivity index (χ0v) is 13.3. The van der Waals surface area contributed by atoms with Crippen LogP contribution in [0.15, 0.2) is 23.8 Å². The Morgan fingerprint density at radius 1 is 1.40 bits per heavy atom. The number of aliphatic hydroxyl groups is 1. The van der Waals surface area contributed by atoms with Crippen molar-refractivity contribution in [2.45, 2.75) is 44.3 Å². The van der Waals surface area contributed by atoms with Crippen molar-refractivity contribution >= 4 is 0 Å². The zero-order chi connectivity index (χ0) is 14.8. The number of methoxy groups -OCH3 is 1. The van der Waals surface area contributed by atoms with E-state index in [2.05, 4.69) is 44.1 Å². The van der Waals surface area contributed by atoms with Gasteiger partial charge >= 0.3 is 0 Å². The molecule has 114 valence electrons. The van der Waals surface area contributed by atoms with E-state index in [4.69, 9.17) is 4.74 Å². The second kappa shape index (κ2) is 6.42. The predicted molar refractivity (Wildman–Crippen MR) is 82.6 cm³/mol. The summed E-state index contributed by atoms with van der Waals surface area (Å²) in [4.78, 5) is 2.19. The summed E-state index contributed by atoms with van der Waals surface area (Å²) in [6, 6.07) is 0. The maximum atomic E-state index is 11.3. The van der Waals surface area contributed by atoms with Gasteiger partial charge in [-0.05, 0) is 38.6 Å². The van der Waals surface area contributed by atoms with E-state index in [9.17, 15) is 5.11 Å². The molecule has 2 rings (SSSR count). The topological polar surface area (TPSA) is 32.7 Å². The van der Waals surface area contributed by atoms with Crippen LogP contribution < -0.4 is 0 Å². The van der Waals surface area contributed by atoms with E-state index in [0.29, 0.717) is 11.8 Å². The number of nitrogens with zero attached hydrogens (tertiary/aromatic N) is 1. The lowest BCUT2D eigenvalue weighted by Crippen LogP contribution is -2.47. The quantitative estimate of drug-likeness (QED) is 0.858. The molecule has 20 heavy (non-hydrogen) atoms. The van der Waals surface area contributed by atoms with Crippen molar-refractivity contribution in [2.24, 2.45) is 11.8 Å². The number of hydrogen-bond donors (Lipinski definition) is 1. The van der Waals surface area contributed by atoms with Gasteiger partial charge in [0.1, 0.15) is 0 Å². The fourth-order valence-corrected chi connectivity index (χ4v) is 3.61. The van der Waals surface area contributed by atoms with Crippen LogP contribution in [-0.4, -0.2) is 49.5 Å². The highest BCUT2D eigenvalue weighted by Gasteiger charge is 2.42. The van der Waals surface area contributed by atoms with E-state index in [1.165, 1.54) is 6.42 Å². The van der Waals surface area contributed by atoms with Gasteiger partial charge in [-0.3, -0.25) is 0 Å². The Morgan fingerprint density at radius 3 is 2.80 bits per heavy atom. The van der Waals surface area contributed by atoms with Crippen LogP contribution in [-0.2, 0) is 4.74 Å². The summed E-state index contributed by atoms with van der Waals surface area (Å²) in [6.07, 6.45) is 10.8. The Labute approximate surface area is 123 Å².